The lowest BCUT2D eigenvalue weighted by Gasteiger charge is -2.12. The number of rotatable bonds is 7. The largest absolute Gasteiger partial charge is 0.495 e. The molecule has 1 aliphatic carbocycles. The van der Waals surface area contributed by atoms with E-state index < -0.39 is 0 Å². The maximum absolute atomic E-state index is 5.35. The van der Waals surface area contributed by atoms with Crippen LogP contribution >= 0.6 is 0 Å². The predicted molar refractivity (Wildman–Crippen MR) is 71.9 cm³/mol. The molecule has 1 aliphatic rings. The normalized spacial score (nSPS) is 14.7. The number of methoxy groups -OCH3 is 1. The van der Waals surface area contributed by atoms with E-state index in [4.69, 9.17) is 4.74 Å². The number of ether oxygens (including phenoxy) is 1. The number of hydrogen-bond acceptors (Lipinski definition) is 3. The third-order valence-electron chi connectivity index (χ3n) is 3.12. The van der Waals surface area contributed by atoms with Crippen molar-refractivity contribution in [2.45, 2.75) is 32.2 Å². The van der Waals surface area contributed by atoms with E-state index in [1.54, 1.807) is 7.11 Å². The Morgan fingerprint density at radius 2 is 2.12 bits per heavy atom. The summed E-state index contributed by atoms with van der Waals surface area (Å²) < 4.78 is 5.35. The summed E-state index contributed by atoms with van der Waals surface area (Å²) in [7, 11) is 1.72. The van der Waals surface area contributed by atoms with E-state index in [9.17, 15) is 0 Å². The van der Waals surface area contributed by atoms with E-state index >= 15 is 0 Å². The van der Waals surface area contributed by atoms with Crippen LogP contribution in [0.25, 0.3) is 0 Å². The van der Waals surface area contributed by atoms with Gasteiger partial charge in [-0.2, -0.15) is 0 Å². The highest BCUT2D eigenvalue weighted by Gasteiger charge is 2.19. The van der Waals surface area contributed by atoms with E-state index in [1.165, 1.54) is 18.4 Å². The fourth-order valence-electron chi connectivity index (χ4n) is 1.87. The van der Waals surface area contributed by atoms with Crippen LogP contribution in [0, 0.1) is 0 Å². The summed E-state index contributed by atoms with van der Waals surface area (Å²) in [6, 6.07) is 7.11. The van der Waals surface area contributed by atoms with E-state index in [0.717, 1.165) is 37.0 Å². The van der Waals surface area contributed by atoms with E-state index in [-0.39, 0.29) is 0 Å². The van der Waals surface area contributed by atoms with Gasteiger partial charge in [-0.1, -0.05) is 13.0 Å². The average molecular weight is 234 g/mol. The molecule has 1 saturated carbocycles. The Kier molecular flexibility index (Phi) is 4.26. The first-order valence-corrected chi connectivity index (χ1v) is 6.47. The molecule has 0 heterocycles. The third-order valence-corrected chi connectivity index (χ3v) is 3.12. The van der Waals surface area contributed by atoms with Crippen LogP contribution < -0.4 is 15.4 Å². The molecule has 0 bridgehead atoms. The van der Waals surface area contributed by atoms with Gasteiger partial charge in [0.25, 0.3) is 0 Å². The smallest absolute Gasteiger partial charge is 0.141 e. The van der Waals surface area contributed by atoms with Crippen molar-refractivity contribution >= 4 is 5.69 Å². The lowest BCUT2D eigenvalue weighted by Crippen LogP contribution is -2.24. The van der Waals surface area contributed by atoms with Crippen LogP contribution in [0.1, 0.15) is 25.3 Å². The number of nitrogens with one attached hydrogen (secondary N) is 2. The average Bonchev–Trinajstić information content (AvgIpc) is 3.18. The van der Waals surface area contributed by atoms with Crippen molar-refractivity contribution in [3.8, 4) is 5.75 Å². The molecule has 0 aromatic heterocycles. The number of aryl methyl sites for hydroxylation is 1. The first-order valence-electron chi connectivity index (χ1n) is 6.47. The molecule has 94 valence electrons. The lowest BCUT2D eigenvalue weighted by atomic mass is 10.1. The zero-order chi connectivity index (χ0) is 12.1. The summed E-state index contributed by atoms with van der Waals surface area (Å²) >= 11 is 0. The minimum atomic E-state index is 0.778. The molecule has 0 aliphatic heterocycles. The van der Waals surface area contributed by atoms with Gasteiger partial charge in [0, 0.05) is 19.1 Å². The van der Waals surface area contributed by atoms with E-state index in [1.807, 2.05) is 6.07 Å². The number of benzene rings is 1. The fourth-order valence-corrected chi connectivity index (χ4v) is 1.87. The highest BCUT2D eigenvalue weighted by molar-refractivity contribution is 5.58. The van der Waals surface area contributed by atoms with Gasteiger partial charge in [-0.05, 0) is 37.0 Å². The van der Waals surface area contributed by atoms with Crippen molar-refractivity contribution in [2.24, 2.45) is 0 Å². The first kappa shape index (κ1) is 12.2. The minimum absolute atomic E-state index is 0.778. The topological polar surface area (TPSA) is 33.3 Å². The molecule has 2 rings (SSSR count). The van der Waals surface area contributed by atoms with Crippen LogP contribution in [0.2, 0.25) is 0 Å². The molecule has 1 aromatic rings. The Morgan fingerprint density at radius 1 is 1.29 bits per heavy atom. The van der Waals surface area contributed by atoms with Gasteiger partial charge in [0.15, 0.2) is 0 Å². The van der Waals surface area contributed by atoms with Crippen LogP contribution in [0.3, 0.4) is 0 Å². The van der Waals surface area contributed by atoms with Crippen molar-refractivity contribution in [3.63, 3.8) is 0 Å². The summed E-state index contributed by atoms with van der Waals surface area (Å²) in [5.74, 6) is 0.925. The zero-order valence-corrected chi connectivity index (χ0v) is 10.8. The quantitative estimate of drug-likeness (QED) is 0.711. The van der Waals surface area contributed by atoms with Gasteiger partial charge >= 0.3 is 0 Å². The molecular weight excluding hydrogens is 212 g/mol. The molecule has 2 N–H and O–H groups in total. The molecule has 0 unspecified atom stereocenters. The van der Waals surface area contributed by atoms with Gasteiger partial charge in [0.2, 0.25) is 0 Å². The monoisotopic (exact) mass is 234 g/mol. The van der Waals surface area contributed by atoms with Crippen molar-refractivity contribution < 1.29 is 4.74 Å². The maximum atomic E-state index is 5.35. The number of hydrogen-bond donors (Lipinski definition) is 2. The first-order chi connectivity index (χ1) is 8.33. The van der Waals surface area contributed by atoms with E-state index in [2.05, 4.69) is 29.7 Å². The summed E-state index contributed by atoms with van der Waals surface area (Å²) in [5, 5.41) is 6.92. The molecule has 0 atom stereocenters. The Hall–Kier alpha value is -1.22. The standard InChI is InChI=1S/C14H22N2O/c1-3-11-4-7-14(17-2)13(10-11)16-9-8-15-12-5-6-12/h4,7,10,12,15-16H,3,5-6,8-9H2,1-2H3. The Morgan fingerprint density at radius 3 is 2.76 bits per heavy atom. The second-order valence-corrected chi connectivity index (χ2v) is 4.54. The Balaban J connectivity index is 1.87. The molecule has 1 aromatic carbocycles. The van der Waals surface area contributed by atoms with E-state index in [0.29, 0.717) is 0 Å². The van der Waals surface area contributed by atoms with Gasteiger partial charge in [-0.15, -0.1) is 0 Å². The van der Waals surface area contributed by atoms with Crippen molar-refractivity contribution in [1.29, 1.82) is 0 Å². The molecule has 0 amide bonds. The van der Waals surface area contributed by atoms with Crippen molar-refractivity contribution in [1.82, 2.24) is 5.32 Å². The molecule has 0 saturated heterocycles. The Labute approximate surface area is 104 Å². The molecule has 3 nitrogen and oxygen atoms in total. The molecule has 0 radical (unpaired) electrons. The second kappa shape index (κ2) is 5.92. The molecule has 17 heavy (non-hydrogen) atoms. The highest BCUT2D eigenvalue weighted by atomic mass is 16.5. The van der Waals surface area contributed by atoms with Gasteiger partial charge < -0.3 is 15.4 Å². The second-order valence-electron chi connectivity index (χ2n) is 4.54. The molecular formula is C14H22N2O. The van der Waals surface area contributed by atoms with Crippen molar-refractivity contribution in [2.75, 3.05) is 25.5 Å². The summed E-state index contributed by atoms with van der Waals surface area (Å²) in [6.07, 6.45) is 3.74. The molecule has 1 fully saturated rings. The van der Waals surface area contributed by atoms with Gasteiger partial charge in [0.1, 0.15) is 5.75 Å². The van der Waals surface area contributed by atoms with Gasteiger partial charge in [0.05, 0.1) is 12.8 Å². The summed E-state index contributed by atoms with van der Waals surface area (Å²) in [5.41, 5.74) is 2.44. The summed E-state index contributed by atoms with van der Waals surface area (Å²) in [4.78, 5) is 0. The zero-order valence-electron chi connectivity index (χ0n) is 10.8. The van der Waals surface area contributed by atoms with Crippen molar-refractivity contribution in [3.05, 3.63) is 23.8 Å². The fraction of sp³-hybridized carbons (Fsp3) is 0.571. The van der Waals surface area contributed by atoms with Gasteiger partial charge in [-0.3, -0.25) is 0 Å². The molecule has 0 spiro atoms. The summed E-state index contributed by atoms with van der Waals surface area (Å²) in [6.45, 7) is 4.13. The lowest BCUT2D eigenvalue weighted by molar-refractivity contribution is 0.416. The third kappa shape index (κ3) is 3.63. The minimum Gasteiger partial charge on any atom is -0.495 e. The Bertz CT molecular complexity index is 361. The van der Waals surface area contributed by atoms with Crippen LogP contribution in [-0.2, 0) is 6.42 Å². The maximum Gasteiger partial charge on any atom is 0.141 e. The highest BCUT2D eigenvalue weighted by Crippen LogP contribution is 2.25. The van der Waals surface area contributed by atoms with Crippen LogP contribution in [0.15, 0.2) is 18.2 Å². The van der Waals surface area contributed by atoms with Gasteiger partial charge in [-0.25, -0.2) is 0 Å². The SMILES string of the molecule is CCc1ccc(OC)c(NCCNC2CC2)c1. The van der Waals surface area contributed by atoms with Crippen LogP contribution in [0.4, 0.5) is 5.69 Å². The van der Waals surface area contributed by atoms with Crippen LogP contribution in [-0.4, -0.2) is 26.2 Å². The molecule has 3 heteroatoms. The van der Waals surface area contributed by atoms with Crippen LogP contribution in [0.5, 0.6) is 5.75 Å². The number of anilines is 1. The predicted octanol–water partition coefficient (Wildman–Crippen LogP) is 2.42.